The summed E-state index contributed by atoms with van der Waals surface area (Å²) in [7, 11) is 0. The first kappa shape index (κ1) is 13.1. The van der Waals surface area contributed by atoms with Crippen LogP contribution in [0.2, 0.25) is 0 Å². The normalized spacial score (nSPS) is 25.6. The van der Waals surface area contributed by atoms with Crippen molar-refractivity contribution < 1.29 is 9.59 Å². The molecule has 2 atom stereocenters. The van der Waals surface area contributed by atoms with Gasteiger partial charge >= 0.3 is 0 Å². The van der Waals surface area contributed by atoms with Gasteiger partial charge in [0, 0.05) is 0 Å². The molecule has 1 aromatic rings. The highest BCUT2D eigenvalue weighted by molar-refractivity contribution is 6.22. The first-order valence-electron chi connectivity index (χ1n) is 7.33. The maximum atomic E-state index is 12.6. The van der Waals surface area contributed by atoms with Crippen molar-refractivity contribution in [1.82, 2.24) is 0 Å². The number of benzene rings is 1. The number of anilines is 1. The van der Waals surface area contributed by atoms with Crippen molar-refractivity contribution in [2.24, 2.45) is 11.8 Å². The Morgan fingerprint density at radius 1 is 1.10 bits per heavy atom. The van der Waals surface area contributed by atoms with Crippen LogP contribution in [0.1, 0.15) is 32.6 Å². The van der Waals surface area contributed by atoms with Gasteiger partial charge in [-0.15, -0.1) is 0 Å². The number of amides is 2. The summed E-state index contributed by atoms with van der Waals surface area (Å²) in [6, 6.07) is 9.26. The zero-order valence-electron chi connectivity index (χ0n) is 11.7. The Morgan fingerprint density at radius 3 is 2.50 bits per heavy atom. The average molecular weight is 269 g/mol. The second-order valence-electron chi connectivity index (χ2n) is 5.61. The molecular formula is C17H19NO2. The molecule has 1 aromatic carbocycles. The lowest BCUT2D eigenvalue weighted by atomic mass is 9.80. The molecule has 1 aliphatic carbocycles. The maximum absolute atomic E-state index is 12.6. The van der Waals surface area contributed by atoms with Gasteiger partial charge in [0.05, 0.1) is 17.5 Å². The van der Waals surface area contributed by atoms with Crippen LogP contribution in [0.4, 0.5) is 5.69 Å². The molecule has 0 radical (unpaired) electrons. The van der Waals surface area contributed by atoms with Crippen LogP contribution < -0.4 is 4.90 Å². The largest absolute Gasteiger partial charge is 0.274 e. The highest BCUT2D eigenvalue weighted by Gasteiger charge is 2.48. The predicted octanol–water partition coefficient (Wildman–Crippen LogP) is 3.31. The molecule has 0 N–H and O–H groups in total. The summed E-state index contributed by atoms with van der Waals surface area (Å²) in [6.45, 7) is 2.14. The molecular weight excluding hydrogens is 250 g/mol. The molecule has 2 unspecified atom stereocenters. The van der Waals surface area contributed by atoms with Gasteiger partial charge in [-0.3, -0.25) is 14.5 Å². The number of rotatable bonds is 3. The van der Waals surface area contributed by atoms with Gasteiger partial charge in [0.25, 0.3) is 0 Å². The quantitative estimate of drug-likeness (QED) is 0.623. The van der Waals surface area contributed by atoms with Crippen molar-refractivity contribution in [1.29, 1.82) is 0 Å². The summed E-state index contributed by atoms with van der Waals surface area (Å²) in [5, 5.41) is 0. The maximum Gasteiger partial charge on any atom is 0.238 e. The molecule has 3 heteroatoms. The Morgan fingerprint density at radius 2 is 1.80 bits per heavy atom. The van der Waals surface area contributed by atoms with Crippen LogP contribution in [0, 0.1) is 11.8 Å². The van der Waals surface area contributed by atoms with E-state index in [-0.39, 0.29) is 23.7 Å². The van der Waals surface area contributed by atoms with E-state index in [9.17, 15) is 9.59 Å². The molecule has 1 fully saturated rings. The molecule has 3 rings (SSSR count). The summed E-state index contributed by atoms with van der Waals surface area (Å²) in [6.07, 6.45) is 5.77. The molecule has 0 spiro atoms. The van der Waals surface area contributed by atoms with Crippen LogP contribution in [-0.2, 0) is 9.59 Å². The molecule has 0 bridgehead atoms. The van der Waals surface area contributed by atoms with Crippen LogP contribution >= 0.6 is 0 Å². The Hall–Kier alpha value is -1.90. The van der Waals surface area contributed by atoms with Gasteiger partial charge < -0.3 is 0 Å². The van der Waals surface area contributed by atoms with Gasteiger partial charge in [-0.25, -0.2) is 0 Å². The molecule has 104 valence electrons. The fourth-order valence-corrected chi connectivity index (χ4v) is 3.30. The second-order valence-corrected chi connectivity index (χ2v) is 5.61. The van der Waals surface area contributed by atoms with Crippen LogP contribution in [0.25, 0.3) is 0 Å². The number of carbonyl (C=O) groups excluding carboxylic acids is 2. The molecule has 2 aliphatic rings. The summed E-state index contributed by atoms with van der Waals surface area (Å²) >= 11 is 0. The van der Waals surface area contributed by atoms with Crippen molar-refractivity contribution in [3.05, 3.63) is 42.0 Å². The minimum absolute atomic E-state index is 0.0205. The Bertz CT molecular complexity index is 562. The highest BCUT2D eigenvalue weighted by Crippen LogP contribution is 2.40. The first-order valence-corrected chi connectivity index (χ1v) is 7.33. The number of hydrogen-bond donors (Lipinski definition) is 0. The van der Waals surface area contributed by atoms with Crippen molar-refractivity contribution in [3.8, 4) is 0 Å². The Labute approximate surface area is 119 Å². The fourth-order valence-electron chi connectivity index (χ4n) is 3.30. The molecule has 3 nitrogen and oxygen atoms in total. The van der Waals surface area contributed by atoms with E-state index >= 15 is 0 Å². The van der Waals surface area contributed by atoms with E-state index in [1.165, 1.54) is 10.5 Å². The minimum Gasteiger partial charge on any atom is -0.274 e. The van der Waals surface area contributed by atoms with Crippen LogP contribution in [0.5, 0.6) is 0 Å². The third-order valence-electron chi connectivity index (χ3n) is 4.29. The Kier molecular flexibility index (Phi) is 3.43. The van der Waals surface area contributed by atoms with Gasteiger partial charge in [-0.1, -0.05) is 43.2 Å². The van der Waals surface area contributed by atoms with Crippen LogP contribution in [-0.4, -0.2) is 11.8 Å². The number of hydrogen-bond acceptors (Lipinski definition) is 2. The second kappa shape index (κ2) is 5.23. The molecule has 2 amide bonds. The van der Waals surface area contributed by atoms with Crippen molar-refractivity contribution in [2.45, 2.75) is 32.6 Å². The first-order chi connectivity index (χ1) is 9.72. The number of imide groups is 1. The molecule has 1 saturated heterocycles. The van der Waals surface area contributed by atoms with Crippen molar-refractivity contribution in [3.63, 3.8) is 0 Å². The lowest BCUT2D eigenvalue weighted by Gasteiger charge is -2.21. The molecule has 1 aliphatic heterocycles. The van der Waals surface area contributed by atoms with Gasteiger partial charge in [0.1, 0.15) is 0 Å². The molecule has 20 heavy (non-hydrogen) atoms. The number of carbonyl (C=O) groups is 2. The molecule has 1 heterocycles. The van der Waals surface area contributed by atoms with E-state index in [2.05, 4.69) is 13.0 Å². The topological polar surface area (TPSA) is 37.4 Å². The van der Waals surface area contributed by atoms with Crippen LogP contribution in [0.15, 0.2) is 42.0 Å². The van der Waals surface area contributed by atoms with Crippen molar-refractivity contribution >= 4 is 17.5 Å². The van der Waals surface area contributed by atoms with Crippen molar-refractivity contribution in [2.75, 3.05) is 4.90 Å². The van der Waals surface area contributed by atoms with E-state index in [1.54, 1.807) is 0 Å². The van der Waals surface area contributed by atoms with Gasteiger partial charge in [0.2, 0.25) is 11.8 Å². The number of allylic oxidation sites excluding steroid dienone is 2. The zero-order valence-corrected chi connectivity index (χ0v) is 11.7. The summed E-state index contributed by atoms with van der Waals surface area (Å²) in [5.74, 6) is -0.344. The third kappa shape index (κ3) is 2.07. The summed E-state index contributed by atoms with van der Waals surface area (Å²) < 4.78 is 0. The standard InChI is InChI=1S/C17H19NO2/c1-2-6-12-9-10-14-15(11-12)17(20)18(16(14)19)13-7-4-3-5-8-13/h3-5,7-9,14-15H,2,6,10-11H2,1H3. The summed E-state index contributed by atoms with van der Waals surface area (Å²) in [5.41, 5.74) is 2.04. The smallest absolute Gasteiger partial charge is 0.238 e. The SMILES string of the molecule is CCCC1=CCC2C(=O)N(c3ccccc3)C(=O)C2C1. The third-order valence-corrected chi connectivity index (χ3v) is 4.29. The average Bonchev–Trinajstić information content (AvgIpc) is 2.72. The Balaban J connectivity index is 1.87. The minimum atomic E-state index is -0.150. The van der Waals surface area contributed by atoms with E-state index < -0.39 is 0 Å². The molecule has 0 saturated carbocycles. The van der Waals surface area contributed by atoms with Gasteiger partial charge in [-0.2, -0.15) is 0 Å². The van der Waals surface area contributed by atoms with E-state index in [0.29, 0.717) is 12.1 Å². The van der Waals surface area contributed by atoms with E-state index in [1.807, 2.05) is 30.3 Å². The fraction of sp³-hybridized carbons (Fsp3) is 0.412. The number of fused-ring (bicyclic) bond motifs is 1. The molecule has 0 aromatic heterocycles. The van der Waals surface area contributed by atoms with Crippen LogP contribution in [0.3, 0.4) is 0 Å². The van der Waals surface area contributed by atoms with Gasteiger partial charge in [-0.05, 0) is 31.4 Å². The number of para-hydroxylation sites is 1. The summed E-state index contributed by atoms with van der Waals surface area (Å²) in [4.78, 5) is 26.5. The predicted molar refractivity (Wildman–Crippen MR) is 78.1 cm³/mol. The number of nitrogens with zero attached hydrogens (tertiary/aromatic N) is 1. The lowest BCUT2D eigenvalue weighted by molar-refractivity contribution is -0.122. The zero-order chi connectivity index (χ0) is 14.1. The highest BCUT2D eigenvalue weighted by atomic mass is 16.2. The van der Waals surface area contributed by atoms with Gasteiger partial charge in [0.15, 0.2) is 0 Å². The lowest BCUT2D eigenvalue weighted by Crippen LogP contribution is -2.30. The van der Waals surface area contributed by atoms with E-state index in [4.69, 9.17) is 0 Å². The van der Waals surface area contributed by atoms with E-state index in [0.717, 1.165) is 19.3 Å². The monoisotopic (exact) mass is 269 g/mol.